The Morgan fingerprint density at radius 3 is 2.03 bits per heavy atom. The number of amides is 1. The zero-order chi connectivity index (χ0) is 23.0. The maximum absolute atomic E-state index is 12.9. The summed E-state index contributed by atoms with van der Waals surface area (Å²) in [5, 5.41) is 0. The van der Waals surface area contributed by atoms with Gasteiger partial charge in [-0.25, -0.2) is 9.59 Å². The SMILES string of the molecule is C[C@@H]1OC(=O)/C=C/C(=O)[C@H](C)N(Cc2ccccc2)C(=O)C[C@H](C)OC(=O)/C=C/C1=O. The summed E-state index contributed by atoms with van der Waals surface area (Å²) in [5.41, 5.74) is 0.813. The quantitative estimate of drug-likeness (QED) is 0.664. The number of ketones is 2. The van der Waals surface area contributed by atoms with E-state index in [2.05, 4.69) is 0 Å². The number of hydrogen-bond donors (Lipinski definition) is 0. The van der Waals surface area contributed by atoms with Crippen molar-refractivity contribution in [1.82, 2.24) is 4.90 Å². The molecule has 1 aliphatic rings. The predicted molar refractivity (Wildman–Crippen MR) is 110 cm³/mol. The van der Waals surface area contributed by atoms with Gasteiger partial charge >= 0.3 is 11.9 Å². The van der Waals surface area contributed by atoms with Crippen molar-refractivity contribution in [3.63, 3.8) is 0 Å². The Morgan fingerprint density at radius 1 is 0.806 bits per heavy atom. The summed E-state index contributed by atoms with van der Waals surface area (Å²) in [5.74, 6) is -3.21. The number of carbonyl (C=O) groups is 5. The minimum absolute atomic E-state index is 0.153. The lowest BCUT2D eigenvalue weighted by Gasteiger charge is -2.29. The van der Waals surface area contributed by atoms with E-state index in [0.717, 1.165) is 29.9 Å². The topological polar surface area (TPSA) is 107 Å². The van der Waals surface area contributed by atoms with E-state index >= 15 is 0 Å². The molecule has 0 saturated heterocycles. The van der Waals surface area contributed by atoms with Crippen LogP contribution >= 0.6 is 0 Å². The van der Waals surface area contributed by atoms with Gasteiger partial charge in [-0.3, -0.25) is 14.4 Å². The summed E-state index contributed by atoms with van der Waals surface area (Å²) >= 11 is 0. The maximum Gasteiger partial charge on any atom is 0.331 e. The summed E-state index contributed by atoms with van der Waals surface area (Å²) in [7, 11) is 0. The minimum Gasteiger partial charge on any atom is -0.459 e. The molecule has 8 heteroatoms. The molecule has 164 valence electrons. The highest BCUT2D eigenvalue weighted by molar-refractivity contribution is 6.02. The summed E-state index contributed by atoms with van der Waals surface area (Å²) in [6, 6.07) is 8.23. The smallest absolute Gasteiger partial charge is 0.331 e. The Bertz CT molecular complexity index is 904. The van der Waals surface area contributed by atoms with Gasteiger partial charge in [0.1, 0.15) is 6.10 Å². The van der Waals surface area contributed by atoms with Gasteiger partial charge in [-0.2, -0.15) is 0 Å². The third-order valence-corrected chi connectivity index (χ3v) is 4.64. The van der Waals surface area contributed by atoms with Crippen molar-refractivity contribution in [2.45, 2.75) is 52.0 Å². The molecule has 1 aromatic carbocycles. The van der Waals surface area contributed by atoms with Crippen LogP contribution in [0, 0.1) is 0 Å². The Balaban J connectivity index is 2.32. The molecule has 0 spiro atoms. The van der Waals surface area contributed by atoms with Crippen LogP contribution in [0.4, 0.5) is 0 Å². The number of rotatable bonds is 2. The van der Waals surface area contributed by atoms with Crippen molar-refractivity contribution >= 4 is 29.4 Å². The van der Waals surface area contributed by atoms with Gasteiger partial charge in [0.25, 0.3) is 0 Å². The molecule has 0 aromatic heterocycles. The Morgan fingerprint density at radius 2 is 1.39 bits per heavy atom. The lowest BCUT2D eigenvalue weighted by atomic mass is 10.1. The van der Waals surface area contributed by atoms with E-state index in [-0.39, 0.29) is 13.0 Å². The van der Waals surface area contributed by atoms with Crippen LogP contribution in [0.25, 0.3) is 0 Å². The molecule has 31 heavy (non-hydrogen) atoms. The molecule has 8 nitrogen and oxygen atoms in total. The van der Waals surface area contributed by atoms with E-state index < -0.39 is 47.7 Å². The normalized spacial score (nSPS) is 26.2. The lowest BCUT2D eigenvalue weighted by molar-refractivity contribution is -0.148. The van der Waals surface area contributed by atoms with Crippen LogP contribution in [0.3, 0.4) is 0 Å². The van der Waals surface area contributed by atoms with Crippen LogP contribution in [0.15, 0.2) is 54.6 Å². The third kappa shape index (κ3) is 7.33. The predicted octanol–water partition coefficient (Wildman–Crippen LogP) is 1.92. The molecule has 1 heterocycles. The molecule has 0 radical (unpaired) electrons. The number of esters is 2. The molecule has 0 aliphatic carbocycles. The van der Waals surface area contributed by atoms with E-state index in [1.165, 1.54) is 11.8 Å². The first-order chi connectivity index (χ1) is 14.7. The molecule has 0 fully saturated rings. The van der Waals surface area contributed by atoms with Gasteiger partial charge in [-0.15, -0.1) is 0 Å². The number of hydrogen-bond acceptors (Lipinski definition) is 7. The second-order valence-electron chi connectivity index (χ2n) is 7.19. The van der Waals surface area contributed by atoms with Gasteiger partial charge in [-0.1, -0.05) is 30.3 Å². The number of nitrogens with zero attached hydrogens (tertiary/aromatic N) is 1. The van der Waals surface area contributed by atoms with Crippen molar-refractivity contribution < 1.29 is 33.4 Å². The maximum atomic E-state index is 12.9. The lowest BCUT2D eigenvalue weighted by Crippen LogP contribution is -2.43. The molecule has 1 aliphatic heterocycles. The average molecular weight is 427 g/mol. The summed E-state index contributed by atoms with van der Waals surface area (Å²) in [6.07, 6.45) is 1.73. The van der Waals surface area contributed by atoms with Crippen LogP contribution in [0.5, 0.6) is 0 Å². The van der Waals surface area contributed by atoms with E-state index in [4.69, 9.17) is 9.47 Å². The van der Waals surface area contributed by atoms with Crippen molar-refractivity contribution in [1.29, 1.82) is 0 Å². The third-order valence-electron chi connectivity index (χ3n) is 4.64. The fourth-order valence-corrected chi connectivity index (χ4v) is 2.86. The molecule has 0 saturated carbocycles. The first kappa shape index (κ1) is 23.7. The summed E-state index contributed by atoms with van der Waals surface area (Å²) in [4.78, 5) is 62.7. The Hall–Kier alpha value is -3.55. The van der Waals surface area contributed by atoms with E-state index in [9.17, 15) is 24.0 Å². The van der Waals surface area contributed by atoms with Crippen molar-refractivity contribution in [3.05, 3.63) is 60.2 Å². The van der Waals surface area contributed by atoms with Crippen LogP contribution < -0.4 is 0 Å². The van der Waals surface area contributed by atoms with Gasteiger partial charge < -0.3 is 14.4 Å². The number of benzene rings is 1. The standard InChI is InChI=1S/C23H25NO7/c1-15-13-21(27)24(14-18-7-5-4-6-8-18)16(2)19(25)9-11-23(29)31-17(3)20(26)10-12-22(28)30-15/h4-12,15-17H,13-14H2,1-3H3/b11-9+,12-10+/t15-,16-,17-/m0/s1. The first-order valence-corrected chi connectivity index (χ1v) is 9.86. The highest BCUT2D eigenvalue weighted by Crippen LogP contribution is 2.14. The van der Waals surface area contributed by atoms with Gasteiger partial charge in [-0.05, 0) is 38.5 Å². The van der Waals surface area contributed by atoms with Gasteiger partial charge in [0.05, 0.1) is 12.5 Å². The van der Waals surface area contributed by atoms with Gasteiger partial charge in [0.15, 0.2) is 17.7 Å². The van der Waals surface area contributed by atoms with Crippen LogP contribution in [-0.2, 0) is 40.0 Å². The first-order valence-electron chi connectivity index (χ1n) is 9.86. The molecule has 1 aromatic rings. The molecule has 2 rings (SSSR count). The highest BCUT2D eigenvalue weighted by atomic mass is 16.5. The average Bonchev–Trinajstić information content (AvgIpc) is 2.73. The Kier molecular flexibility index (Phi) is 8.43. The second-order valence-corrected chi connectivity index (χ2v) is 7.19. The van der Waals surface area contributed by atoms with Gasteiger partial charge in [0.2, 0.25) is 5.91 Å². The minimum atomic E-state index is -1.14. The van der Waals surface area contributed by atoms with E-state index in [1.54, 1.807) is 13.8 Å². The van der Waals surface area contributed by atoms with Crippen LogP contribution in [0.2, 0.25) is 0 Å². The summed E-state index contributed by atoms with van der Waals surface area (Å²) in [6.45, 7) is 4.61. The number of carbonyl (C=O) groups excluding carboxylic acids is 5. The van der Waals surface area contributed by atoms with Crippen molar-refractivity contribution in [3.8, 4) is 0 Å². The zero-order valence-corrected chi connectivity index (χ0v) is 17.6. The van der Waals surface area contributed by atoms with E-state index in [1.807, 2.05) is 30.3 Å². The van der Waals surface area contributed by atoms with Crippen molar-refractivity contribution in [2.75, 3.05) is 0 Å². The molecule has 0 unspecified atom stereocenters. The number of ether oxygens (including phenoxy) is 2. The zero-order valence-electron chi connectivity index (χ0n) is 17.6. The fraction of sp³-hybridized carbons (Fsp3) is 0.348. The molecule has 0 N–H and O–H groups in total. The molecule has 3 atom stereocenters. The van der Waals surface area contributed by atoms with Crippen LogP contribution in [-0.4, -0.2) is 52.6 Å². The highest BCUT2D eigenvalue weighted by Gasteiger charge is 2.27. The molecular weight excluding hydrogens is 402 g/mol. The monoisotopic (exact) mass is 427 g/mol. The molecule has 0 bridgehead atoms. The second kappa shape index (κ2) is 11.0. The van der Waals surface area contributed by atoms with E-state index in [0.29, 0.717) is 0 Å². The number of cyclic esters (lactones) is 2. The van der Waals surface area contributed by atoms with Crippen LogP contribution in [0.1, 0.15) is 32.8 Å². The van der Waals surface area contributed by atoms with Crippen molar-refractivity contribution in [2.24, 2.45) is 0 Å². The van der Waals surface area contributed by atoms with Gasteiger partial charge in [0, 0.05) is 18.7 Å². The Labute approximate surface area is 180 Å². The fourth-order valence-electron chi connectivity index (χ4n) is 2.86. The molecular formula is C23H25NO7. The molecule has 1 amide bonds. The summed E-state index contributed by atoms with van der Waals surface area (Å²) < 4.78 is 10.1. The largest absolute Gasteiger partial charge is 0.459 e.